The van der Waals surface area contributed by atoms with Gasteiger partial charge in [-0.25, -0.2) is 9.18 Å². The van der Waals surface area contributed by atoms with Crippen LogP contribution < -0.4 is 20.9 Å². The van der Waals surface area contributed by atoms with E-state index < -0.39 is 34.8 Å². The summed E-state index contributed by atoms with van der Waals surface area (Å²) < 4.78 is 29.0. The van der Waals surface area contributed by atoms with Crippen molar-refractivity contribution in [2.75, 3.05) is 76.4 Å². The van der Waals surface area contributed by atoms with Crippen molar-refractivity contribution in [3.63, 3.8) is 0 Å². The lowest BCUT2D eigenvalue weighted by atomic mass is 9.83. The molecule has 63 heavy (non-hydrogen) atoms. The number of piperazine rings is 1. The molecule has 2 unspecified atom stereocenters. The molecule has 0 radical (unpaired) electrons. The first-order chi connectivity index (χ1) is 29.9. The Hall–Kier alpha value is -5.58. The monoisotopic (exact) mass is 872 g/mol. The standard InChI is InChI=1S/C32H32FN3O6.C15H29N3O3/c1-18-28(30(39)40)29-21(5-4-6-24(29)35-18)15-26(37)36-17-32(2,31(41)34-16-27(38)42-3)23-12-9-20(14-25(23)36)13-19-7-10-22(33)11-8-19;1-12-11-20-8-7-17(12)9-13-10-18(6-5-16-13)14(19)21-15(2,3)4/h4-12,14,18,28,35H,13,15-17H2,1-3H3,(H,34,41)(H,39,40);12-13,16H,5-11H2,1-4H3/t18-,28?,32+;12-,13?/m11/s1. The van der Waals surface area contributed by atoms with E-state index in [0.717, 1.165) is 44.0 Å². The van der Waals surface area contributed by atoms with Crippen LogP contribution in [-0.2, 0) is 51.6 Å². The van der Waals surface area contributed by atoms with Crippen LogP contribution in [0.4, 0.5) is 20.6 Å². The molecule has 5 atom stereocenters. The van der Waals surface area contributed by atoms with E-state index in [2.05, 4.69) is 32.5 Å². The highest BCUT2D eigenvalue weighted by atomic mass is 19.1. The average molecular weight is 873 g/mol. The molecule has 0 aliphatic carbocycles. The molecule has 16 heteroatoms. The zero-order valence-corrected chi connectivity index (χ0v) is 37.3. The van der Waals surface area contributed by atoms with Gasteiger partial charge in [0.25, 0.3) is 0 Å². The first-order valence-electron chi connectivity index (χ1n) is 21.5. The Bertz CT molecular complexity index is 2160. The smallest absolute Gasteiger partial charge is 0.410 e. The van der Waals surface area contributed by atoms with E-state index in [-0.39, 0.29) is 43.4 Å². The van der Waals surface area contributed by atoms with Crippen molar-refractivity contribution >= 4 is 41.2 Å². The third kappa shape index (κ3) is 11.3. The molecule has 0 aromatic heterocycles. The van der Waals surface area contributed by atoms with Crippen LogP contribution in [0.15, 0.2) is 60.7 Å². The van der Waals surface area contributed by atoms with Crippen LogP contribution >= 0.6 is 0 Å². The zero-order valence-electron chi connectivity index (χ0n) is 37.3. The highest BCUT2D eigenvalue weighted by Gasteiger charge is 2.47. The summed E-state index contributed by atoms with van der Waals surface area (Å²) in [6.07, 6.45) is 0.212. The first-order valence-corrected chi connectivity index (χ1v) is 21.5. The van der Waals surface area contributed by atoms with Crippen molar-refractivity contribution in [3.05, 3.63) is 94.3 Å². The van der Waals surface area contributed by atoms with Gasteiger partial charge in [-0.1, -0.05) is 36.4 Å². The number of ether oxygens (including phenoxy) is 3. The van der Waals surface area contributed by atoms with Crippen molar-refractivity contribution in [2.24, 2.45) is 0 Å². The SMILES string of the molecule is COC(=O)CNC(=O)[C@@]1(C)CN(C(=O)Cc2cccc3c2C(C(=O)O)[C@@H](C)N3)c2cc(Cc3ccc(F)cc3)ccc21.C[C@@H]1COCCN1CC1CN(C(=O)OC(C)(C)C)CCN1. The Morgan fingerprint density at radius 3 is 2.43 bits per heavy atom. The fourth-order valence-corrected chi connectivity index (χ4v) is 8.73. The average Bonchev–Trinajstić information content (AvgIpc) is 3.75. The molecule has 4 N–H and O–H groups in total. The normalized spacial score (nSPS) is 23.0. The second kappa shape index (κ2) is 19.9. The van der Waals surface area contributed by atoms with Gasteiger partial charge in [-0.3, -0.25) is 24.1 Å². The number of methoxy groups -OCH3 is 1. The molecule has 4 aliphatic rings. The fourth-order valence-electron chi connectivity index (χ4n) is 8.73. The first kappa shape index (κ1) is 46.9. The van der Waals surface area contributed by atoms with Crippen LogP contribution in [0.25, 0.3) is 0 Å². The minimum atomic E-state index is -1.16. The van der Waals surface area contributed by atoms with Gasteiger partial charge in [0.05, 0.1) is 32.2 Å². The summed E-state index contributed by atoms with van der Waals surface area (Å²) in [5, 5.41) is 19.2. The molecular weight excluding hydrogens is 812 g/mol. The summed E-state index contributed by atoms with van der Waals surface area (Å²) in [5.41, 5.74) is 3.22. The molecule has 7 rings (SSSR count). The molecule has 0 bridgehead atoms. The number of carbonyl (C=O) groups excluding carboxylic acids is 4. The number of benzene rings is 3. The number of carbonyl (C=O) groups is 5. The number of morpholine rings is 1. The molecule has 15 nitrogen and oxygen atoms in total. The van der Waals surface area contributed by atoms with E-state index in [1.807, 2.05) is 43.9 Å². The molecule has 4 aliphatic heterocycles. The van der Waals surface area contributed by atoms with E-state index in [1.165, 1.54) is 19.2 Å². The number of carboxylic acids is 1. The summed E-state index contributed by atoms with van der Waals surface area (Å²) in [6.45, 7) is 16.9. The number of anilines is 2. The van der Waals surface area contributed by atoms with E-state index >= 15 is 0 Å². The molecule has 4 heterocycles. The van der Waals surface area contributed by atoms with E-state index in [9.17, 15) is 33.5 Å². The Morgan fingerprint density at radius 2 is 1.75 bits per heavy atom. The van der Waals surface area contributed by atoms with Crippen LogP contribution in [0.2, 0.25) is 0 Å². The van der Waals surface area contributed by atoms with Crippen molar-refractivity contribution < 1.29 is 47.7 Å². The third-order valence-corrected chi connectivity index (χ3v) is 12.0. The summed E-state index contributed by atoms with van der Waals surface area (Å²) in [6, 6.07) is 17.5. The fraction of sp³-hybridized carbons (Fsp3) is 0.511. The number of halogens is 1. The predicted octanol–water partition coefficient (Wildman–Crippen LogP) is 4.45. The number of nitrogens with one attached hydrogen (secondary N) is 3. The van der Waals surface area contributed by atoms with Crippen molar-refractivity contribution in [3.8, 4) is 0 Å². The number of nitrogens with zero attached hydrogens (tertiary/aromatic N) is 3. The van der Waals surface area contributed by atoms with Crippen LogP contribution in [0.5, 0.6) is 0 Å². The van der Waals surface area contributed by atoms with Crippen molar-refractivity contribution in [1.82, 2.24) is 20.4 Å². The highest BCUT2D eigenvalue weighted by Crippen LogP contribution is 2.43. The molecular formula is C47H61FN6O9. The number of rotatable bonds is 10. The third-order valence-electron chi connectivity index (χ3n) is 12.0. The van der Waals surface area contributed by atoms with Gasteiger partial charge in [0.2, 0.25) is 11.8 Å². The van der Waals surface area contributed by atoms with Gasteiger partial charge < -0.3 is 45.1 Å². The van der Waals surface area contributed by atoms with E-state index in [4.69, 9.17) is 9.47 Å². The maximum atomic E-state index is 14.0. The maximum absolute atomic E-state index is 14.0. The molecule has 3 amide bonds. The number of amides is 3. The largest absolute Gasteiger partial charge is 0.481 e. The van der Waals surface area contributed by atoms with Gasteiger partial charge in [0.15, 0.2) is 0 Å². The lowest BCUT2D eigenvalue weighted by Crippen LogP contribution is -2.59. The topological polar surface area (TPSA) is 179 Å². The Morgan fingerprint density at radius 1 is 1.02 bits per heavy atom. The molecule has 2 fully saturated rings. The molecule has 3 aromatic carbocycles. The Labute approximate surface area is 368 Å². The second-order valence-corrected chi connectivity index (χ2v) is 18.0. The van der Waals surface area contributed by atoms with Gasteiger partial charge in [0.1, 0.15) is 23.9 Å². The predicted molar refractivity (Wildman–Crippen MR) is 235 cm³/mol. The summed E-state index contributed by atoms with van der Waals surface area (Å²) >= 11 is 0. The minimum absolute atomic E-state index is 0.0280. The number of carboxylic acid groups (broad SMARTS) is 1. The van der Waals surface area contributed by atoms with Gasteiger partial charge >= 0.3 is 18.0 Å². The minimum Gasteiger partial charge on any atom is -0.481 e. The molecule has 340 valence electrons. The molecule has 0 saturated carbocycles. The Kier molecular flexibility index (Phi) is 14.8. The van der Waals surface area contributed by atoms with E-state index in [1.54, 1.807) is 49.1 Å². The van der Waals surface area contributed by atoms with Gasteiger partial charge in [-0.15, -0.1) is 0 Å². The summed E-state index contributed by atoms with van der Waals surface area (Å²) in [5.74, 6) is -3.43. The van der Waals surface area contributed by atoms with Gasteiger partial charge in [-0.2, -0.15) is 0 Å². The highest BCUT2D eigenvalue weighted by molar-refractivity contribution is 6.03. The number of hydrogen-bond acceptors (Lipinski definition) is 11. The second-order valence-electron chi connectivity index (χ2n) is 18.0. The van der Waals surface area contributed by atoms with Crippen LogP contribution in [0.1, 0.15) is 75.3 Å². The summed E-state index contributed by atoms with van der Waals surface area (Å²) in [7, 11) is 1.23. The number of hydrogen-bond donors (Lipinski definition) is 4. The van der Waals surface area contributed by atoms with Crippen molar-refractivity contribution in [1.29, 1.82) is 0 Å². The molecule has 0 spiro atoms. The van der Waals surface area contributed by atoms with Gasteiger partial charge in [-0.05, 0) is 100 Å². The van der Waals surface area contributed by atoms with E-state index in [0.29, 0.717) is 59.7 Å². The van der Waals surface area contributed by atoms with Crippen LogP contribution in [-0.4, -0.2) is 135 Å². The number of fused-ring (bicyclic) bond motifs is 2. The molecule has 2 saturated heterocycles. The van der Waals surface area contributed by atoms with Gasteiger partial charge in [0, 0.05) is 68.8 Å². The quantitative estimate of drug-likeness (QED) is 0.211. The number of aliphatic carboxylic acids is 1. The molecule has 3 aromatic rings. The Balaban J connectivity index is 0.000000264. The maximum Gasteiger partial charge on any atom is 0.410 e. The van der Waals surface area contributed by atoms with Crippen molar-refractivity contribution in [2.45, 2.75) is 89.4 Å². The number of esters is 1. The zero-order chi connectivity index (χ0) is 45.6. The van der Waals surface area contributed by atoms with Crippen LogP contribution in [0, 0.1) is 5.82 Å². The van der Waals surface area contributed by atoms with Crippen LogP contribution in [0.3, 0.4) is 0 Å². The summed E-state index contributed by atoms with van der Waals surface area (Å²) in [4.78, 5) is 69.2. The lowest BCUT2D eigenvalue weighted by Gasteiger charge is -2.40. The lowest BCUT2D eigenvalue weighted by molar-refractivity contribution is -0.141.